The Morgan fingerprint density at radius 3 is 2.17 bits per heavy atom. The zero-order chi connectivity index (χ0) is 17.4. The van der Waals surface area contributed by atoms with Crippen molar-refractivity contribution in [2.45, 2.75) is 6.92 Å². The van der Waals surface area contributed by atoms with E-state index in [-0.39, 0.29) is 11.3 Å². The van der Waals surface area contributed by atoms with Crippen LogP contribution in [0, 0.1) is 6.92 Å². The van der Waals surface area contributed by atoms with E-state index in [2.05, 4.69) is 15.0 Å². The number of hydrogen-bond donors (Lipinski definition) is 2. The number of carbonyl (C=O) groups excluding carboxylic acids is 1. The molecule has 0 bridgehead atoms. The number of aromatic nitrogens is 1. The molecule has 0 aliphatic rings. The minimum atomic E-state index is -1.04. The Hall–Kier alpha value is -3.41. The van der Waals surface area contributed by atoms with Crippen LogP contribution in [-0.4, -0.2) is 22.1 Å². The number of amides is 1. The number of nitrogens with zero attached hydrogens (tertiary/aromatic N) is 1. The standard InChI is InChI=1S/C12H10N2O4.C6H6/c1-7-2-3-8(6-9(7)12(16)17)13-11(15)10-4-5-18-14-10;1-2-4-6-5-3-1/h2-6H,1H3,(H,13,15)(H,16,17);1-6H. The lowest BCUT2D eigenvalue weighted by atomic mass is 10.1. The molecule has 24 heavy (non-hydrogen) atoms. The maximum Gasteiger partial charge on any atom is 0.336 e. The molecule has 1 amide bonds. The van der Waals surface area contributed by atoms with E-state index in [0.29, 0.717) is 11.3 Å². The summed E-state index contributed by atoms with van der Waals surface area (Å²) in [4.78, 5) is 22.6. The van der Waals surface area contributed by atoms with Crippen LogP contribution in [0.5, 0.6) is 0 Å². The summed E-state index contributed by atoms with van der Waals surface area (Å²) in [5.74, 6) is -1.49. The van der Waals surface area contributed by atoms with Crippen LogP contribution in [0.2, 0.25) is 0 Å². The van der Waals surface area contributed by atoms with Gasteiger partial charge < -0.3 is 14.9 Å². The van der Waals surface area contributed by atoms with Crippen molar-refractivity contribution < 1.29 is 19.2 Å². The smallest absolute Gasteiger partial charge is 0.336 e. The lowest BCUT2D eigenvalue weighted by Crippen LogP contribution is -2.13. The van der Waals surface area contributed by atoms with Gasteiger partial charge in [-0.15, -0.1) is 0 Å². The van der Waals surface area contributed by atoms with Crippen molar-refractivity contribution in [1.29, 1.82) is 0 Å². The molecule has 0 saturated heterocycles. The van der Waals surface area contributed by atoms with Gasteiger partial charge in [-0.25, -0.2) is 4.79 Å². The first-order valence-corrected chi connectivity index (χ1v) is 7.13. The fourth-order valence-corrected chi connectivity index (χ4v) is 1.84. The Balaban J connectivity index is 0.000000292. The van der Waals surface area contributed by atoms with Crippen molar-refractivity contribution in [1.82, 2.24) is 5.16 Å². The molecule has 0 unspecified atom stereocenters. The molecule has 2 N–H and O–H groups in total. The van der Waals surface area contributed by atoms with E-state index in [9.17, 15) is 9.59 Å². The Morgan fingerprint density at radius 2 is 1.67 bits per heavy atom. The van der Waals surface area contributed by atoms with E-state index in [4.69, 9.17) is 5.11 Å². The Morgan fingerprint density at radius 1 is 1.04 bits per heavy atom. The highest BCUT2D eigenvalue weighted by Crippen LogP contribution is 2.16. The highest BCUT2D eigenvalue weighted by Gasteiger charge is 2.12. The highest BCUT2D eigenvalue weighted by atomic mass is 16.5. The number of aryl methyl sites for hydroxylation is 1. The van der Waals surface area contributed by atoms with Gasteiger partial charge in [0.05, 0.1) is 5.56 Å². The summed E-state index contributed by atoms with van der Waals surface area (Å²) in [5.41, 5.74) is 1.30. The fraction of sp³-hybridized carbons (Fsp3) is 0.0556. The zero-order valence-corrected chi connectivity index (χ0v) is 13.0. The second-order valence-corrected chi connectivity index (χ2v) is 4.83. The molecule has 0 atom stereocenters. The van der Waals surface area contributed by atoms with Crippen molar-refractivity contribution in [3.05, 3.63) is 83.7 Å². The first-order chi connectivity index (χ1) is 11.6. The number of benzene rings is 2. The lowest BCUT2D eigenvalue weighted by Gasteiger charge is -2.06. The molecule has 0 fully saturated rings. The maximum atomic E-state index is 11.7. The normalized spacial score (nSPS) is 9.54. The largest absolute Gasteiger partial charge is 0.478 e. The number of rotatable bonds is 3. The summed E-state index contributed by atoms with van der Waals surface area (Å²) in [6.07, 6.45) is 1.28. The number of aromatic carboxylic acids is 1. The molecule has 0 radical (unpaired) electrons. The van der Waals surface area contributed by atoms with Crippen LogP contribution in [0.1, 0.15) is 26.4 Å². The summed E-state index contributed by atoms with van der Waals surface area (Å²) in [7, 11) is 0. The molecule has 122 valence electrons. The van der Waals surface area contributed by atoms with Crippen LogP contribution >= 0.6 is 0 Å². The maximum absolute atomic E-state index is 11.7. The van der Waals surface area contributed by atoms with E-state index >= 15 is 0 Å². The lowest BCUT2D eigenvalue weighted by molar-refractivity contribution is 0.0695. The Kier molecular flexibility index (Phi) is 5.85. The Labute approximate surface area is 138 Å². The second-order valence-electron chi connectivity index (χ2n) is 4.83. The first kappa shape index (κ1) is 17.0. The van der Waals surface area contributed by atoms with Gasteiger partial charge >= 0.3 is 5.97 Å². The van der Waals surface area contributed by atoms with Crippen LogP contribution in [0.15, 0.2) is 71.4 Å². The third-order valence-electron chi connectivity index (χ3n) is 3.06. The molecule has 0 saturated carbocycles. The third kappa shape index (κ3) is 4.81. The van der Waals surface area contributed by atoms with Gasteiger partial charge in [-0.3, -0.25) is 4.79 Å². The highest BCUT2D eigenvalue weighted by molar-refractivity contribution is 6.03. The number of nitrogens with one attached hydrogen (secondary N) is 1. The molecule has 3 aromatic rings. The van der Waals surface area contributed by atoms with Gasteiger partial charge in [0.1, 0.15) is 6.26 Å². The van der Waals surface area contributed by atoms with Crippen molar-refractivity contribution in [3.8, 4) is 0 Å². The van der Waals surface area contributed by atoms with Crippen LogP contribution in [0.3, 0.4) is 0 Å². The minimum Gasteiger partial charge on any atom is -0.478 e. The van der Waals surface area contributed by atoms with E-state index < -0.39 is 11.9 Å². The molecular formula is C18H16N2O4. The molecular weight excluding hydrogens is 308 g/mol. The van der Waals surface area contributed by atoms with Crippen LogP contribution in [-0.2, 0) is 0 Å². The summed E-state index contributed by atoms with van der Waals surface area (Å²) < 4.78 is 4.55. The van der Waals surface area contributed by atoms with Gasteiger partial charge in [-0.05, 0) is 24.6 Å². The topological polar surface area (TPSA) is 92.4 Å². The molecule has 6 heteroatoms. The van der Waals surface area contributed by atoms with Crippen molar-refractivity contribution in [3.63, 3.8) is 0 Å². The van der Waals surface area contributed by atoms with Gasteiger partial charge in [-0.2, -0.15) is 0 Å². The quantitative estimate of drug-likeness (QED) is 0.767. The monoisotopic (exact) mass is 324 g/mol. The second kappa shape index (κ2) is 8.28. The first-order valence-electron chi connectivity index (χ1n) is 7.13. The average molecular weight is 324 g/mol. The van der Waals surface area contributed by atoms with Gasteiger partial charge in [0.2, 0.25) is 0 Å². The van der Waals surface area contributed by atoms with Gasteiger partial charge in [0.15, 0.2) is 5.69 Å². The molecule has 3 rings (SSSR count). The van der Waals surface area contributed by atoms with Gasteiger partial charge in [-0.1, -0.05) is 47.6 Å². The summed E-state index contributed by atoms with van der Waals surface area (Å²) in [6.45, 7) is 1.69. The number of carboxylic acid groups (broad SMARTS) is 1. The van der Waals surface area contributed by atoms with Gasteiger partial charge in [0, 0.05) is 11.8 Å². The number of hydrogen-bond acceptors (Lipinski definition) is 4. The van der Waals surface area contributed by atoms with Crippen molar-refractivity contribution in [2.24, 2.45) is 0 Å². The van der Waals surface area contributed by atoms with E-state index in [1.807, 2.05) is 36.4 Å². The molecule has 6 nitrogen and oxygen atoms in total. The predicted molar refractivity (Wildman–Crippen MR) is 89.0 cm³/mol. The number of carboxylic acids is 1. The number of anilines is 1. The zero-order valence-electron chi connectivity index (χ0n) is 13.0. The molecule has 1 heterocycles. The van der Waals surface area contributed by atoms with E-state index in [1.165, 1.54) is 18.4 Å². The Bertz CT molecular complexity index is 772. The van der Waals surface area contributed by atoms with E-state index in [1.54, 1.807) is 19.1 Å². The van der Waals surface area contributed by atoms with Crippen molar-refractivity contribution in [2.75, 3.05) is 5.32 Å². The van der Waals surface area contributed by atoms with Crippen LogP contribution < -0.4 is 5.32 Å². The number of carbonyl (C=O) groups is 2. The van der Waals surface area contributed by atoms with Crippen molar-refractivity contribution >= 4 is 17.6 Å². The minimum absolute atomic E-state index is 0.132. The molecule has 1 aromatic heterocycles. The SMILES string of the molecule is Cc1ccc(NC(=O)c2ccon2)cc1C(=O)O.c1ccccc1. The average Bonchev–Trinajstić information content (AvgIpc) is 3.13. The predicted octanol–water partition coefficient (Wildman–Crippen LogP) is 3.62. The summed E-state index contributed by atoms with van der Waals surface area (Å²) in [5, 5.41) is 15.0. The van der Waals surface area contributed by atoms with Crippen LogP contribution in [0.25, 0.3) is 0 Å². The third-order valence-corrected chi connectivity index (χ3v) is 3.06. The molecule has 0 aliphatic heterocycles. The molecule has 2 aromatic carbocycles. The molecule has 0 spiro atoms. The summed E-state index contributed by atoms with van der Waals surface area (Å²) in [6, 6.07) is 18.1. The fourth-order valence-electron chi connectivity index (χ4n) is 1.84. The molecule has 0 aliphatic carbocycles. The van der Waals surface area contributed by atoms with Crippen LogP contribution in [0.4, 0.5) is 5.69 Å². The van der Waals surface area contributed by atoms with E-state index in [0.717, 1.165) is 0 Å². The summed E-state index contributed by atoms with van der Waals surface area (Å²) >= 11 is 0. The van der Waals surface area contributed by atoms with Gasteiger partial charge in [0.25, 0.3) is 5.91 Å².